The number of thioether (sulfide) groups is 1. The number of rotatable bonds is 8. The summed E-state index contributed by atoms with van der Waals surface area (Å²) in [6.07, 6.45) is 3.66. The number of aliphatic carboxylic acids is 1. The van der Waals surface area contributed by atoms with Gasteiger partial charge < -0.3 is 25.8 Å². The van der Waals surface area contributed by atoms with Gasteiger partial charge in [0, 0.05) is 39.8 Å². The number of nitrogens with one attached hydrogen (secondary N) is 1. The molecule has 5 rings (SSSR count). The van der Waals surface area contributed by atoms with Gasteiger partial charge in [0.15, 0.2) is 29.8 Å². The van der Waals surface area contributed by atoms with Crippen molar-refractivity contribution >= 4 is 63.1 Å². The number of amides is 2. The largest absolute Gasteiger partial charge is 0.543 e. The molecular weight excluding hydrogens is 538 g/mol. The van der Waals surface area contributed by atoms with Gasteiger partial charge in [-0.2, -0.15) is 0 Å². The molecule has 0 radical (unpaired) electrons. The first-order chi connectivity index (χ1) is 17.9. The van der Waals surface area contributed by atoms with Gasteiger partial charge in [0.1, 0.15) is 24.2 Å². The minimum Gasteiger partial charge on any atom is -0.543 e. The molecule has 2 aliphatic rings. The summed E-state index contributed by atoms with van der Waals surface area (Å²) < 4.78 is 1.82. The van der Waals surface area contributed by atoms with Crippen molar-refractivity contribution in [1.29, 1.82) is 0 Å². The van der Waals surface area contributed by atoms with Gasteiger partial charge in [0.05, 0.1) is 22.9 Å². The Morgan fingerprint density at radius 2 is 2.14 bits per heavy atom. The van der Waals surface area contributed by atoms with E-state index in [9.17, 15) is 19.5 Å². The molecule has 0 unspecified atom stereocenters. The summed E-state index contributed by atoms with van der Waals surface area (Å²) in [6, 6.07) is 2.84. The number of nitrogen functional groups attached to an aromatic ring is 1. The van der Waals surface area contributed by atoms with E-state index < -0.39 is 29.2 Å². The fourth-order valence-electron chi connectivity index (χ4n) is 4.00. The number of β-lactam (4-membered cyclic amide) rings is 1. The summed E-state index contributed by atoms with van der Waals surface area (Å²) in [5, 5.41) is 21.5. The second kappa shape index (κ2) is 10.3. The first kappa shape index (κ1) is 24.9. The molecule has 0 aromatic carbocycles. The summed E-state index contributed by atoms with van der Waals surface area (Å²) in [6.45, 7) is 0.261. The molecule has 3 aromatic rings. The lowest BCUT2D eigenvalue weighted by atomic mass is 10.0. The number of nitrogens with zero attached hydrogens (tertiary/aromatic N) is 5. The highest BCUT2D eigenvalue weighted by molar-refractivity contribution is 8.00. The van der Waals surface area contributed by atoms with E-state index in [1.54, 1.807) is 10.9 Å². The van der Waals surface area contributed by atoms with Crippen molar-refractivity contribution < 1.29 is 28.9 Å². The van der Waals surface area contributed by atoms with Crippen LogP contribution < -0.4 is 20.7 Å². The van der Waals surface area contributed by atoms with E-state index in [2.05, 4.69) is 20.4 Å². The molecule has 3 N–H and O–H groups in total. The zero-order chi connectivity index (χ0) is 26.1. The topological polar surface area (TPSA) is 167 Å². The Bertz CT molecular complexity index is 1420. The fraction of sp³-hybridized carbons (Fsp3) is 0.227. The highest BCUT2D eigenvalue weighted by atomic mass is 32.2. The molecule has 0 bridgehead atoms. The lowest BCUT2D eigenvalue weighted by Crippen LogP contribution is -2.71. The van der Waals surface area contributed by atoms with E-state index in [1.165, 1.54) is 35.1 Å². The minimum atomic E-state index is -1.45. The number of carboxylic acids is 1. The number of anilines is 1. The Balaban J connectivity index is 1.32. The van der Waals surface area contributed by atoms with E-state index in [-0.39, 0.29) is 28.8 Å². The molecule has 190 valence electrons. The van der Waals surface area contributed by atoms with E-state index in [4.69, 9.17) is 10.6 Å². The molecule has 3 aromatic heterocycles. The third-order valence-corrected chi connectivity index (χ3v) is 8.28. The SMILES string of the molecule is CO/N=C(\C(=O)N[C@@H]1C(=O)N2C(C(=O)[O-])=C(C[n+]3ccc(-c4cscn4)cc3)CS[C@H]12)c1csc(N)n1. The van der Waals surface area contributed by atoms with Crippen LogP contribution in [0.3, 0.4) is 0 Å². The van der Waals surface area contributed by atoms with Crippen molar-refractivity contribution in [3.63, 3.8) is 0 Å². The molecule has 5 heterocycles. The summed E-state index contributed by atoms with van der Waals surface area (Å²) >= 11 is 3.98. The summed E-state index contributed by atoms with van der Waals surface area (Å²) in [5.41, 5.74) is 9.63. The maximum atomic E-state index is 13.0. The number of pyridine rings is 1. The fourth-order valence-corrected chi connectivity index (χ4v) is 6.45. The number of thiazole rings is 2. The van der Waals surface area contributed by atoms with Gasteiger partial charge in [0.25, 0.3) is 11.8 Å². The Kier molecular flexibility index (Phi) is 6.90. The normalized spacial score (nSPS) is 19.3. The quantitative estimate of drug-likeness (QED) is 0.162. The lowest BCUT2D eigenvalue weighted by Gasteiger charge is -2.50. The van der Waals surface area contributed by atoms with Gasteiger partial charge in [-0.05, 0) is 0 Å². The van der Waals surface area contributed by atoms with Crippen LogP contribution in [0.2, 0.25) is 0 Å². The van der Waals surface area contributed by atoms with Crippen LogP contribution in [-0.2, 0) is 25.8 Å². The van der Waals surface area contributed by atoms with Crippen molar-refractivity contribution in [2.75, 3.05) is 18.6 Å². The van der Waals surface area contributed by atoms with Gasteiger partial charge in [-0.1, -0.05) is 5.16 Å². The smallest absolute Gasteiger partial charge is 0.276 e. The maximum Gasteiger partial charge on any atom is 0.276 e. The van der Waals surface area contributed by atoms with Crippen molar-refractivity contribution in [3.05, 3.63) is 57.8 Å². The van der Waals surface area contributed by atoms with Crippen LogP contribution in [-0.4, -0.2) is 62.6 Å². The molecule has 2 aliphatic heterocycles. The van der Waals surface area contributed by atoms with Crippen LogP contribution >= 0.6 is 34.4 Å². The van der Waals surface area contributed by atoms with Gasteiger partial charge in [-0.3, -0.25) is 14.5 Å². The summed E-state index contributed by atoms with van der Waals surface area (Å²) in [5.74, 6) is -2.35. The molecule has 2 atom stereocenters. The van der Waals surface area contributed by atoms with Crippen LogP contribution in [0.25, 0.3) is 11.3 Å². The predicted molar refractivity (Wildman–Crippen MR) is 135 cm³/mol. The van der Waals surface area contributed by atoms with Crippen molar-refractivity contribution in [2.24, 2.45) is 5.16 Å². The molecule has 0 aliphatic carbocycles. The average Bonchev–Trinajstić information content (AvgIpc) is 3.58. The van der Waals surface area contributed by atoms with E-state index in [1.807, 2.05) is 34.5 Å². The molecule has 0 spiro atoms. The van der Waals surface area contributed by atoms with E-state index in [0.717, 1.165) is 22.6 Å². The molecule has 15 heteroatoms. The number of fused-ring (bicyclic) bond motifs is 1. The number of hydrogen-bond donors (Lipinski definition) is 2. The Hall–Kier alpha value is -3.82. The number of carboxylic acid groups (broad SMARTS) is 1. The zero-order valence-corrected chi connectivity index (χ0v) is 21.6. The van der Waals surface area contributed by atoms with Crippen LogP contribution in [0.4, 0.5) is 5.13 Å². The second-order valence-corrected chi connectivity index (χ2v) is 10.6. The van der Waals surface area contributed by atoms with Gasteiger partial charge in [0.2, 0.25) is 0 Å². The van der Waals surface area contributed by atoms with Crippen molar-refractivity contribution in [2.45, 2.75) is 18.0 Å². The number of hydrogen-bond acceptors (Lipinski definition) is 12. The van der Waals surface area contributed by atoms with E-state index >= 15 is 0 Å². The highest BCUT2D eigenvalue weighted by Gasteiger charge is 2.53. The lowest BCUT2D eigenvalue weighted by molar-refractivity contribution is -0.689. The first-order valence-electron chi connectivity index (χ1n) is 10.8. The number of carbonyl (C=O) groups excluding carboxylic acids is 3. The van der Waals surface area contributed by atoms with Crippen LogP contribution in [0.15, 0.2) is 57.2 Å². The summed E-state index contributed by atoms with van der Waals surface area (Å²) in [4.78, 5) is 52.2. The Labute approximate surface area is 222 Å². The number of aromatic nitrogens is 3. The van der Waals surface area contributed by atoms with Gasteiger partial charge in [-0.15, -0.1) is 34.4 Å². The van der Waals surface area contributed by atoms with E-state index in [0.29, 0.717) is 11.3 Å². The van der Waals surface area contributed by atoms with Crippen LogP contribution in [0, 0.1) is 0 Å². The Morgan fingerprint density at radius 3 is 2.76 bits per heavy atom. The maximum absolute atomic E-state index is 13.0. The van der Waals surface area contributed by atoms with Crippen molar-refractivity contribution in [1.82, 2.24) is 20.2 Å². The molecule has 1 saturated heterocycles. The highest BCUT2D eigenvalue weighted by Crippen LogP contribution is 2.40. The third-order valence-electron chi connectivity index (χ3n) is 5.68. The monoisotopic (exact) mass is 557 g/mol. The van der Waals surface area contributed by atoms with Crippen LogP contribution in [0.5, 0.6) is 0 Å². The summed E-state index contributed by atoms with van der Waals surface area (Å²) in [7, 11) is 1.28. The number of carbonyl (C=O) groups is 3. The Morgan fingerprint density at radius 1 is 1.35 bits per heavy atom. The molecule has 12 nitrogen and oxygen atoms in total. The number of nitrogens with two attached hydrogens (primary N) is 1. The van der Waals surface area contributed by atoms with Gasteiger partial charge in [-0.25, -0.2) is 14.5 Å². The average molecular weight is 558 g/mol. The molecular formula is C22H19N7O5S3. The minimum absolute atomic E-state index is 0.142. The second-order valence-electron chi connectivity index (χ2n) is 7.93. The molecule has 37 heavy (non-hydrogen) atoms. The standard InChI is InChI=1S/C22H19N7O5S3/c1-34-27-15(14-9-37-22(23)25-14)18(30)26-16-19(31)29-17(21(32)33)12(7-36-20(16)29)6-28-4-2-11(3-5-28)13-8-35-10-24-13/h2-5,8-10,16,20H,6-7H2,1H3,(H3-,23,25,26,30,32,33)/b27-15-/t16-,20-/m1/s1. The predicted octanol–water partition coefficient (Wildman–Crippen LogP) is -0.409. The number of oxime groups is 1. The molecule has 1 fully saturated rings. The molecule has 0 saturated carbocycles. The van der Waals surface area contributed by atoms with Crippen LogP contribution in [0.1, 0.15) is 5.69 Å². The zero-order valence-electron chi connectivity index (χ0n) is 19.2. The molecule has 2 amide bonds. The first-order valence-corrected chi connectivity index (χ1v) is 13.6. The third kappa shape index (κ3) is 4.80. The van der Waals surface area contributed by atoms with Gasteiger partial charge >= 0.3 is 0 Å². The van der Waals surface area contributed by atoms with Crippen molar-refractivity contribution in [3.8, 4) is 11.3 Å².